The number of carbonyl (C=O) groups excluding carboxylic acids is 1. The molecule has 1 fully saturated rings. The number of hydrogen-bond donors (Lipinski definition) is 2. The highest BCUT2D eigenvalue weighted by atomic mass is 32.2. The molecule has 22 heavy (non-hydrogen) atoms. The molecule has 1 unspecified atom stereocenters. The molecule has 1 atom stereocenters. The Bertz CT molecular complexity index is 721. The Morgan fingerprint density at radius 1 is 1.32 bits per heavy atom. The van der Waals surface area contributed by atoms with Crippen LogP contribution in [0.15, 0.2) is 23.0 Å². The number of nitrogens with zero attached hydrogens (tertiary/aromatic N) is 1. The van der Waals surface area contributed by atoms with Crippen molar-refractivity contribution in [3.05, 3.63) is 34.2 Å². The van der Waals surface area contributed by atoms with Gasteiger partial charge in [-0.3, -0.25) is 4.79 Å². The molecule has 1 aromatic carbocycles. The molecule has 1 aliphatic heterocycles. The number of fused-ring (bicyclic) bond motifs is 1. The van der Waals surface area contributed by atoms with E-state index in [9.17, 15) is 9.59 Å². The summed E-state index contributed by atoms with van der Waals surface area (Å²) in [6, 6.07) is 5.35. The van der Waals surface area contributed by atoms with Crippen molar-refractivity contribution in [2.75, 3.05) is 18.8 Å². The number of benzene rings is 1. The average Bonchev–Trinajstić information content (AvgIpc) is 2.72. The average molecular weight is 319 g/mol. The van der Waals surface area contributed by atoms with E-state index in [0.29, 0.717) is 16.3 Å². The highest BCUT2D eigenvalue weighted by Gasteiger charge is 2.23. The number of hydrogen-bond acceptors (Lipinski definition) is 3. The second kappa shape index (κ2) is 6.60. The summed E-state index contributed by atoms with van der Waals surface area (Å²) >= 11 is 1.94. The Kier molecular flexibility index (Phi) is 4.57. The van der Waals surface area contributed by atoms with Crippen molar-refractivity contribution in [3.8, 4) is 0 Å². The van der Waals surface area contributed by atoms with Gasteiger partial charge in [0.05, 0.1) is 11.0 Å². The standard InChI is InChI=1S/C16H21N3O2S/c1-2-22-12-5-3-4-8-19(10-12)15(20)11-6-7-13-14(9-11)18-16(21)17-13/h6-7,9,12H,2-5,8,10H2,1H3,(H2,17,18,21). The fraction of sp³-hybridized carbons (Fsp3) is 0.500. The van der Waals surface area contributed by atoms with Crippen LogP contribution in [0.5, 0.6) is 0 Å². The van der Waals surface area contributed by atoms with Gasteiger partial charge in [0.25, 0.3) is 5.91 Å². The molecule has 6 heteroatoms. The summed E-state index contributed by atoms with van der Waals surface area (Å²) in [5.41, 5.74) is 1.82. The van der Waals surface area contributed by atoms with E-state index in [-0.39, 0.29) is 11.6 Å². The largest absolute Gasteiger partial charge is 0.338 e. The van der Waals surface area contributed by atoms with Crippen LogP contribution in [-0.4, -0.2) is 44.9 Å². The molecule has 1 amide bonds. The second-order valence-electron chi connectivity index (χ2n) is 5.66. The predicted octanol–water partition coefficient (Wildman–Crippen LogP) is 2.60. The van der Waals surface area contributed by atoms with Gasteiger partial charge in [-0.25, -0.2) is 4.79 Å². The number of aromatic amines is 2. The highest BCUT2D eigenvalue weighted by Crippen LogP contribution is 2.23. The summed E-state index contributed by atoms with van der Waals surface area (Å²) in [5.74, 6) is 1.15. The Morgan fingerprint density at radius 2 is 2.14 bits per heavy atom. The summed E-state index contributed by atoms with van der Waals surface area (Å²) < 4.78 is 0. The molecule has 5 nitrogen and oxygen atoms in total. The van der Waals surface area contributed by atoms with Crippen molar-refractivity contribution in [3.63, 3.8) is 0 Å². The number of aromatic nitrogens is 2. The number of imidazole rings is 1. The molecule has 0 spiro atoms. The molecule has 0 aliphatic carbocycles. The van der Waals surface area contributed by atoms with Crippen molar-refractivity contribution in [2.24, 2.45) is 0 Å². The number of thioether (sulfide) groups is 1. The predicted molar refractivity (Wildman–Crippen MR) is 90.6 cm³/mol. The van der Waals surface area contributed by atoms with Gasteiger partial charge in [-0.05, 0) is 36.8 Å². The van der Waals surface area contributed by atoms with Gasteiger partial charge in [0.15, 0.2) is 0 Å². The summed E-state index contributed by atoms with van der Waals surface area (Å²) in [7, 11) is 0. The van der Waals surface area contributed by atoms with Gasteiger partial charge in [0.2, 0.25) is 0 Å². The number of carbonyl (C=O) groups is 1. The van der Waals surface area contributed by atoms with E-state index in [4.69, 9.17) is 0 Å². The lowest BCUT2D eigenvalue weighted by Crippen LogP contribution is -2.35. The maximum absolute atomic E-state index is 12.8. The number of nitrogens with one attached hydrogen (secondary N) is 2. The lowest BCUT2D eigenvalue weighted by Gasteiger charge is -2.24. The molecule has 118 valence electrons. The third-order valence-electron chi connectivity index (χ3n) is 4.08. The second-order valence-corrected chi connectivity index (χ2v) is 7.24. The van der Waals surface area contributed by atoms with E-state index in [1.165, 1.54) is 12.8 Å². The van der Waals surface area contributed by atoms with Crippen LogP contribution >= 0.6 is 11.8 Å². The summed E-state index contributed by atoms with van der Waals surface area (Å²) in [6.07, 6.45) is 3.44. The van der Waals surface area contributed by atoms with Gasteiger partial charge in [0, 0.05) is 23.9 Å². The van der Waals surface area contributed by atoms with Crippen LogP contribution in [0.2, 0.25) is 0 Å². The molecular formula is C16H21N3O2S. The fourth-order valence-electron chi connectivity index (χ4n) is 3.01. The Balaban J connectivity index is 1.82. The van der Waals surface area contributed by atoms with E-state index in [2.05, 4.69) is 16.9 Å². The zero-order valence-electron chi connectivity index (χ0n) is 12.7. The van der Waals surface area contributed by atoms with Gasteiger partial charge in [-0.1, -0.05) is 13.3 Å². The lowest BCUT2D eigenvalue weighted by atomic mass is 10.1. The number of likely N-dealkylation sites (tertiary alicyclic amines) is 1. The molecule has 3 rings (SSSR count). The maximum atomic E-state index is 12.8. The van der Waals surface area contributed by atoms with E-state index < -0.39 is 0 Å². The maximum Gasteiger partial charge on any atom is 0.323 e. The van der Waals surface area contributed by atoms with Crippen LogP contribution in [0.25, 0.3) is 11.0 Å². The molecule has 2 N–H and O–H groups in total. The quantitative estimate of drug-likeness (QED) is 0.913. The van der Waals surface area contributed by atoms with Gasteiger partial charge < -0.3 is 14.9 Å². The SMILES string of the molecule is CCSC1CCCCN(C(=O)c2ccc3[nH]c(=O)[nH]c3c2)C1. The van der Waals surface area contributed by atoms with Crippen LogP contribution in [-0.2, 0) is 0 Å². The first-order valence-electron chi connectivity index (χ1n) is 7.80. The lowest BCUT2D eigenvalue weighted by molar-refractivity contribution is 0.0763. The first kappa shape index (κ1) is 15.2. The summed E-state index contributed by atoms with van der Waals surface area (Å²) in [6.45, 7) is 3.80. The first-order chi connectivity index (χ1) is 10.7. The minimum Gasteiger partial charge on any atom is -0.338 e. The van der Waals surface area contributed by atoms with Crippen molar-refractivity contribution in [1.82, 2.24) is 14.9 Å². The van der Waals surface area contributed by atoms with Crippen molar-refractivity contribution in [1.29, 1.82) is 0 Å². The van der Waals surface area contributed by atoms with Gasteiger partial charge in [0.1, 0.15) is 0 Å². The molecule has 2 heterocycles. The van der Waals surface area contributed by atoms with Crippen LogP contribution in [0.1, 0.15) is 36.5 Å². The summed E-state index contributed by atoms with van der Waals surface area (Å²) in [5, 5.41) is 0.534. The normalized spacial score (nSPS) is 19.3. The third kappa shape index (κ3) is 3.21. The molecule has 1 aliphatic rings. The van der Waals surface area contributed by atoms with Crippen LogP contribution in [0, 0.1) is 0 Å². The van der Waals surface area contributed by atoms with E-state index in [1.54, 1.807) is 18.2 Å². The topological polar surface area (TPSA) is 69.0 Å². The zero-order valence-corrected chi connectivity index (χ0v) is 13.5. The smallest absolute Gasteiger partial charge is 0.323 e. The number of rotatable bonds is 3. The Labute approximate surface area is 133 Å². The molecule has 1 saturated heterocycles. The van der Waals surface area contributed by atoms with Crippen molar-refractivity contribution >= 4 is 28.7 Å². The molecule has 0 saturated carbocycles. The third-order valence-corrected chi connectivity index (χ3v) is 5.27. The fourth-order valence-corrected chi connectivity index (χ4v) is 4.10. The Hall–Kier alpha value is -1.69. The first-order valence-corrected chi connectivity index (χ1v) is 8.85. The van der Waals surface area contributed by atoms with Gasteiger partial charge in [-0.2, -0.15) is 11.8 Å². The van der Waals surface area contributed by atoms with Crippen LogP contribution < -0.4 is 5.69 Å². The zero-order chi connectivity index (χ0) is 15.5. The monoisotopic (exact) mass is 319 g/mol. The van der Waals surface area contributed by atoms with E-state index in [0.717, 1.165) is 30.8 Å². The van der Waals surface area contributed by atoms with Crippen molar-refractivity contribution in [2.45, 2.75) is 31.4 Å². The molecule has 1 aromatic heterocycles. The Morgan fingerprint density at radius 3 is 2.95 bits per heavy atom. The van der Waals surface area contributed by atoms with E-state index >= 15 is 0 Å². The minimum absolute atomic E-state index is 0.0625. The summed E-state index contributed by atoms with van der Waals surface area (Å²) in [4.78, 5) is 31.5. The van der Waals surface area contributed by atoms with Gasteiger partial charge >= 0.3 is 5.69 Å². The van der Waals surface area contributed by atoms with E-state index in [1.807, 2.05) is 16.7 Å². The molecule has 2 aromatic rings. The minimum atomic E-state index is -0.242. The number of amides is 1. The molecule has 0 radical (unpaired) electrons. The molecule has 0 bridgehead atoms. The van der Waals surface area contributed by atoms with Crippen LogP contribution in [0.4, 0.5) is 0 Å². The van der Waals surface area contributed by atoms with Crippen LogP contribution in [0.3, 0.4) is 0 Å². The highest BCUT2D eigenvalue weighted by molar-refractivity contribution is 7.99. The van der Waals surface area contributed by atoms with Crippen molar-refractivity contribution < 1.29 is 4.79 Å². The number of H-pyrrole nitrogens is 2. The molecular weight excluding hydrogens is 298 g/mol. The van der Waals surface area contributed by atoms with Gasteiger partial charge in [-0.15, -0.1) is 0 Å².